The van der Waals surface area contributed by atoms with Gasteiger partial charge >= 0.3 is 0 Å². The van der Waals surface area contributed by atoms with Gasteiger partial charge in [0.15, 0.2) is 0 Å². The van der Waals surface area contributed by atoms with Crippen molar-refractivity contribution in [1.82, 2.24) is 10.3 Å². The first-order chi connectivity index (χ1) is 12.0. The van der Waals surface area contributed by atoms with Gasteiger partial charge in [0.1, 0.15) is 16.9 Å². The van der Waals surface area contributed by atoms with Crippen molar-refractivity contribution >= 4 is 29.7 Å². The largest absolute Gasteiger partial charge is 0.364 e. The molecule has 142 valence electrons. The summed E-state index contributed by atoms with van der Waals surface area (Å²) in [6.45, 7) is 4.29. The molecule has 1 unspecified atom stereocenters. The van der Waals surface area contributed by atoms with E-state index in [2.05, 4.69) is 10.3 Å². The van der Waals surface area contributed by atoms with Crippen LogP contribution in [-0.2, 0) is 9.53 Å². The average Bonchev–Trinajstić information content (AvgIpc) is 3.22. The number of nitrogens with two attached hydrogens (primary N) is 1. The standard InChI is InChI=1S/C18H22FN3O2S.ClH/c1-10(21-17(23)15-8-7-14(9-20)24-15)16-11(2)22-18(25-16)12-3-5-13(19)6-4-12;/h3-6,10,14-15H,7-9,20H2,1-2H3,(H,21,23);1H/t10?,14-,15+;/m1./s1. The van der Waals surface area contributed by atoms with Crippen molar-refractivity contribution in [2.45, 2.75) is 44.9 Å². The van der Waals surface area contributed by atoms with E-state index in [1.54, 1.807) is 12.1 Å². The second-order valence-corrected chi connectivity index (χ2v) is 7.30. The van der Waals surface area contributed by atoms with Gasteiger partial charge in [-0.15, -0.1) is 23.7 Å². The number of carbonyl (C=O) groups excluding carboxylic acids is 1. The monoisotopic (exact) mass is 399 g/mol. The zero-order valence-electron chi connectivity index (χ0n) is 14.7. The van der Waals surface area contributed by atoms with E-state index in [0.29, 0.717) is 13.0 Å². The highest BCUT2D eigenvalue weighted by Crippen LogP contribution is 2.32. The van der Waals surface area contributed by atoms with Crippen LogP contribution in [0.4, 0.5) is 4.39 Å². The number of carbonyl (C=O) groups is 1. The fourth-order valence-electron chi connectivity index (χ4n) is 2.97. The molecule has 26 heavy (non-hydrogen) atoms. The first-order valence-electron chi connectivity index (χ1n) is 8.37. The van der Waals surface area contributed by atoms with Crippen LogP contribution in [0, 0.1) is 12.7 Å². The minimum absolute atomic E-state index is 0. The zero-order valence-corrected chi connectivity index (χ0v) is 16.3. The lowest BCUT2D eigenvalue weighted by molar-refractivity contribution is -0.132. The molecule has 2 heterocycles. The van der Waals surface area contributed by atoms with E-state index >= 15 is 0 Å². The van der Waals surface area contributed by atoms with E-state index < -0.39 is 6.10 Å². The summed E-state index contributed by atoms with van der Waals surface area (Å²) in [6, 6.07) is 6.09. The van der Waals surface area contributed by atoms with Gasteiger partial charge in [-0.3, -0.25) is 4.79 Å². The number of hydrogen-bond acceptors (Lipinski definition) is 5. The van der Waals surface area contributed by atoms with E-state index in [1.165, 1.54) is 23.5 Å². The second-order valence-electron chi connectivity index (χ2n) is 6.27. The summed E-state index contributed by atoms with van der Waals surface area (Å²) in [6.07, 6.45) is 1.06. The molecule has 0 bridgehead atoms. The quantitative estimate of drug-likeness (QED) is 0.808. The molecule has 1 amide bonds. The molecule has 1 aromatic carbocycles. The van der Waals surface area contributed by atoms with Crippen LogP contribution in [0.2, 0.25) is 0 Å². The number of rotatable bonds is 5. The molecular weight excluding hydrogens is 377 g/mol. The Bertz CT molecular complexity index is 753. The number of benzene rings is 1. The van der Waals surface area contributed by atoms with Crippen molar-refractivity contribution < 1.29 is 13.9 Å². The number of thiazole rings is 1. The van der Waals surface area contributed by atoms with Crippen LogP contribution in [0.1, 0.15) is 36.4 Å². The third-order valence-corrected chi connectivity index (χ3v) is 5.73. The maximum Gasteiger partial charge on any atom is 0.249 e. The summed E-state index contributed by atoms with van der Waals surface area (Å²) in [7, 11) is 0. The van der Waals surface area contributed by atoms with Crippen LogP contribution in [0.3, 0.4) is 0 Å². The third kappa shape index (κ3) is 4.59. The predicted molar refractivity (Wildman–Crippen MR) is 103 cm³/mol. The molecule has 3 N–H and O–H groups in total. The smallest absolute Gasteiger partial charge is 0.249 e. The lowest BCUT2D eigenvalue weighted by Crippen LogP contribution is -2.36. The number of ether oxygens (including phenoxy) is 1. The maximum absolute atomic E-state index is 13.1. The van der Waals surface area contributed by atoms with Gasteiger partial charge in [0, 0.05) is 12.1 Å². The van der Waals surface area contributed by atoms with Gasteiger partial charge in [-0.05, 0) is 51.0 Å². The van der Waals surface area contributed by atoms with Gasteiger partial charge in [-0.1, -0.05) is 0 Å². The van der Waals surface area contributed by atoms with Crippen molar-refractivity contribution in [2.75, 3.05) is 6.54 Å². The summed E-state index contributed by atoms with van der Waals surface area (Å²) >= 11 is 1.51. The number of nitrogens with one attached hydrogen (secondary N) is 1. The SMILES string of the molecule is Cc1nc(-c2ccc(F)cc2)sc1C(C)NC(=O)[C@@H]1CC[C@H](CN)O1.Cl. The molecule has 0 aliphatic carbocycles. The molecule has 3 atom stereocenters. The Hall–Kier alpha value is -1.54. The molecule has 2 aromatic rings. The predicted octanol–water partition coefficient (Wildman–Crippen LogP) is 3.36. The second kappa shape index (κ2) is 8.90. The summed E-state index contributed by atoms with van der Waals surface area (Å²) in [4.78, 5) is 17.9. The van der Waals surface area contributed by atoms with Crippen LogP contribution in [0.15, 0.2) is 24.3 Å². The molecular formula is C18H23ClFN3O2S. The molecule has 1 saturated heterocycles. The Labute approximate surface area is 162 Å². The summed E-state index contributed by atoms with van der Waals surface area (Å²) in [5.74, 6) is -0.384. The van der Waals surface area contributed by atoms with Gasteiger partial charge in [-0.2, -0.15) is 0 Å². The summed E-state index contributed by atoms with van der Waals surface area (Å²) in [5, 5.41) is 3.82. The normalized spacial score (nSPS) is 20.5. The molecule has 1 fully saturated rings. The van der Waals surface area contributed by atoms with Crippen molar-refractivity contribution in [3.63, 3.8) is 0 Å². The minimum Gasteiger partial charge on any atom is -0.364 e. The van der Waals surface area contributed by atoms with Gasteiger partial charge in [-0.25, -0.2) is 9.37 Å². The number of aryl methyl sites for hydroxylation is 1. The molecule has 1 aromatic heterocycles. The number of amides is 1. The van der Waals surface area contributed by atoms with Crippen LogP contribution < -0.4 is 11.1 Å². The van der Waals surface area contributed by atoms with Crippen molar-refractivity contribution in [1.29, 1.82) is 0 Å². The Balaban J connectivity index is 0.00000243. The Morgan fingerprint density at radius 2 is 2.12 bits per heavy atom. The molecule has 1 aliphatic rings. The van der Waals surface area contributed by atoms with E-state index in [1.807, 2.05) is 13.8 Å². The molecule has 1 aliphatic heterocycles. The van der Waals surface area contributed by atoms with Crippen molar-refractivity contribution in [2.24, 2.45) is 5.73 Å². The van der Waals surface area contributed by atoms with E-state index in [0.717, 1.165) is 27.6 Å². The highest BCUT2D eigenvalue weighted by molar-refractivity contribution is 7.15. The number of hydrogen-bond donors (Lipinski definition) is 2. The fraction of sp³-hybridized carbons (Fsp3) is 0.444. The number of nitrogens with zero attached hydrogens (tertiary/aromatic N) is 1. The highest BCUT2D eigenvalue weighted by Gasteiger charge is 2.31. The molecule has 5 nitrogen and oxygen atoms in total. The van der Waals surface area contributed by atoms with Crippen LogP contribution in [0.5, 0.6) is 0 Å². The van der Waals surface area contributed by atoms with E-state index in [4.69, 9.17) is 10.5 Å². The topological polar surface area (TPSA) is 77.2 Å². The van der Waals surface area contributed by atoms with Crippen LogP contribution in [0.25, 0.3) is 10.6 Å². The highest BCUT2D eigenvalue weighted by atomic mass is 35.5. The molecule has 0 spiro atoms. The molecule has 3 rings (SSSR count). The lowest BCUT2D eigenvalue weighted by atomic mass is 10.1. The van der Waals surface area contributed by atoms with Crippen molar-refractivity contribution in [3.8, 4) is 10.6 Å². The lowest BCUT2D eigenvalue weighted by Gasteiger charge is -2.17. The maximum atomic E-state index is 13.1. The summed E-state index contributed by atoms with van der Waals surface area (Å²) < 4.78 is 18.7. The van der Waals surface area contributed by atoms with Gasteiger partial charge in [0.2, 0.25) is 5.91 Å². The molecule has 0 radical (unpaired) electrons. The Morgan fingerprint density at radius 3 is 2.73 bits per heavy atom. The average molecular weight is 400 g/mol. The minimum atomic E-state index is -0.430. The van der Waals surface area contributed by atoms with Gasteiger partial charge in [0.05, 0.1) is 22.7 Å². The van der Waals surface area contributed by atoms with Crippen LogP contribution in [-0.4, -0.2) is 29.6 Å². The van der Waals surface area contributed by atoms with E-state index in [-0.39, 0.29) is 36.3 Å². The van der Waals surface area contributed by atoms with Gasteiger partial charge < -0.3 is 15.8 Å². The first kappa shape index (κ1) is 20.8. The first-order valence-corrected chi connectivity index (χ1v) is 9.18. The van der Waals surface area contributed by atoms with Crippen LogP contribution >= 0.6 is 23.7 Å². The third-order valence-electron chi connectivity index (χ3n) is 4.34. The fourth-order valence-corrected chi connectivity index (χ4v) is 4.04. The number of aromatic nitrogens is 1. The van der Waals surface area contributed by atoms with Gasteiger partial charge in [0.25, 0.3) is 0 Å². The summed E-state index contributed by atoms with van der Waals surface area (Å²) in [5.41, 5.74) is 7.32. The Kier molecular flexibility index (Phi) is 7.11. The zero-order chi connectivity index (χ0) is 18.0. The molecule has 0 saturated carbocycles. The van der Waals surface area contributed by atoms with Crippen molar-refractivity contribution in [3.05, 3.63) is 40.7 Å². The number of halogens is 2. The van der Waals surface area contributed by atoms with E-state index in [9.17, 15) is 9.18 Å². The Morgan fingerprint density at radius 1 is 1.42 bits per heavy atom. The molecule has 8 heteroatoms.